The van der Waals surface area contributed by atoms with Crippen molar-refractivity contribution in [2.75, 3.05) is 19.6 Å². The van der Waals surface area contributed by atoms with Crippen LogP contribution in [-0.4, -0.2) is 29.5 Å². The normalized spacial score (nSPS) is 15.9. The van der Waals surface area contributed by atoms with E-state index in [4.69, 9.17) is 0 Å². The van der Waals surface area contributed by atoms with E-state index in [9.17, 15) is 13.2 Å². The van der Waals surface area contributed by atoms with Gasteiger partial charge in [0.05, 0.1) is 5.56 Å². The van der Waals surface area contributed by atoms with Crippen LogP contribution < -0.4 is 0 Å². The molecular formula is C22H21F3N2. The van der Waals surface area contributed by atoms with Gasteiger partial charge in [-0.05, 0) is 59.2 Å². The summed E-state index contributed by atoms with van der Waals surface area (Å²) >= 11 is 0. The van der Waals surface area contributed by atoms with Crippen LogP contribution in [-0.2, 0) is 12.6 Å². The summed E-state index contributed by atoms with van der Waals surface area (Å²) in [5, 5.41) is 1.21. The summed E-state index contributed by atoms with van der Waals surface area (Å²) in [6.07, 6.45) is 1.45. The summed E-state index contributed by atoms with van der Waals surface area (Å²) in [6.45, 7) is 2.59. The molecule has 2 heterocycles. The summed E-state index contributed by atoms with van der Waals surface area (Å²) in [7, 11) is 0. The summed E-state index contributed by atoms with van der Waals surface area (Å²) in [5.41, 5.74) is 3.55. The van der Waals surface area contributed by atoms with Gasteiger partial charge in [-0.2, -0.15) is 13.2 Å². The van der Waals surface area contributed by atoms with Gasteiger partial charge in [-0.15, -0.1) is 0 Å². The Kier molecular flexibility index (Phi) is 4.79. The fourth-order valence-electron chi connectivity index (χ4n) is 3.61. The van der Waals surface area contributed by atoms with Crippen molar-refractivity contribution in [1.29, 1.82) is 0 Å². The Morgan fingerprint density at radius 3 is 2.70 bits per heavy atom. The van der Waals surface area contributed by atoms with Gasteiger partial charge < -0.3 is 4.98 Å². The second-order valence-electron chi connectivity index (χ2n) is 7.01. The van der Waals surface area contributed by atoms with E-state index in [1.807, 2.05) is 6.20 Å². The smallest absolute Gasteiger partial charge is 0.361 e. The van der Waals surface area contributed by atoms with Gasteiger partial charge >= 0.3 is 6.18 Å². The van der Waals surface area contributed by atoms with Gasteiger partial charge in [0.2, 0.25) is 0 Å². The molecule has 5 heteroatoms. The SMILES string of the molecule is FC(F)(F)c1cccc(C2=CCN(CCc3ccc4cc[nH]c4c3)CC2)c1. The highest BCUT2D eigenvalue weighted by Gasteiger charge is 2.30. The Balaban J connectivity index is 1.38. The highest BCUT2D eigenvalue weighted by molar-refractivity contribution is 5.79. The molecule has 0 radical (unpaired) electrons. The molecule has 1 aliphatic heterocycles. The van der Waals surface area contributed by atoms with Gasteiger partial charge in [-0.1, -0.05) is 30.3 Å². The fraction of sp³-hybridized carbons (Fsp3) is 0.273. The molecule has 1 aromatic heterocycles. The Hall–Kier alpha value is -2.53. The molecule has 1 N–H and O–H groups in total. The largest absolute Gasteiger partial charge is 0.416 e. The first-order valence-corrected chi connectivity index (χ1v) is 9.14. The fourth-order valence-corrected chi connectivity index (χ4v) is 3.61. The van der Waals surface area contributed by atoms with Crippen LogP contribution in [0.15, 0.2) is 60.8 Å². The maximum absolute atomic E-state index is 12.9. The lowest BCUT2D eigenvalue weighted by Gasteiger charge is -2.26. The second-order valence-corrected chi connectivity index (χ2v) is 7.01. The summed E-state index contributed by atoms with van der Waals surface area (Å²) in [4.78, 5) is 5.58. The minimum atomic E-state index is -4.29. The van der Waals surface area contributed by atoms with Crippen molar-refractivity contribution in [3.63, 3.8) is 0 Å². The zero-order chi connectivity index (χ0) is 18.9. The average Bonchev–Trinajstić information content (AvgIpc) is 3.14. The van der Waals surface area contributed by atoms with Crippen molar-refractivity contribution < 1.29 is 13.2 Å². The molecule has 2 nitrogen and oxygen atoms in total. The molecule has 0 bridgehead atoms. The number of hydrogen-bond donors (Lipinski definition) is 1. The summed E-state index contributed by atoms with van der Waals surface area (Å²) in [5.74, 6) is 0. The number of aromatic amines is 1. The zero-order valence-corrected chi connectivity index (χ0v) is 14.9. The van der Waals surface area contributed by atoms with Crippen molar-refractivity contribution in [2.24, 2.45) is 0 Å². The molecule has 2 aromatic carbocycles. The third-order valence-electron chi connectivity index (χ3n) is 5.19. The van der Waals surface area contributed by atoms with E-state index in [2.05, 4.69) is 40.2 Å². The van der Waals surface area contributed by atoms with Gasteiger partial charge in [0.1, 0.15) is 0 Å². The number of benzene rings is 2. The van der Waals surface area contributed by atoms with E-state index in [-0.39, 0.29) is 0 Å². The van der Waals surface area contributed by atoms with E-state index in [0.717, 1.165) is 49.6 Å². The molecule has 4 rings (SSSR count). The first kappa shape index (κ1) is 17.9. The first-order valence-electron chi connectivity index (χ1n) is 9.14. The van der Waals surface area contributed by atoms with Crippen molar-refractivity contribution in [3.8, 4) is 0 Å². The molecule has 1 aliphatic rings. The van der Waals surface area contributed by atoms with Crippen LogP contribution >= 0.6 is 0 Å². The lowest BCUT2D eigenvalue weighted by atomic mass is 9.97. The van der Waals surface area contributed by atoms with Crippen LogP contribution in [0.3, 0.4) is 0 Å². The van der Waals surface area contributed by atoms with E-state index >= 15 is 0 Å². The van der Waals surface area contributed by atoms with Crippen molar-refractivity contribution in [2.45, 2.75) is 19.0 Å². The van der Waals surface area contributed by atoms with Crippen LogP contribution in [0, 0.1) is 0 Å². The molecule has 0 amide bonds. The topological polar surface area (TPSA) is 19.0 Å². The monoisotopic (exact) mass is 370 g/mol. The first-order chi connectivity index (χ1) is 13.0. The average molecular weight is 370 g/mol. The lowest BCUT2D eigenvalue weighted by Crippen LogP contribution is -2.30. The molecule has 0 saturated heterocycles. The van der Waals surface area contributed by atoms with Crippen LogP contribution in [0.25, 0.3) is 16.5 Å². The quantitative estimate of drug-likeness (QED) is 0.641. The maximum Gasteiger partial charge on any atom is 0.416 e. The Morgan fingerprint density at radius 2 is 1.93 bits per heavy atom. The number of aromatic nitrogens is 1. The predicted octanol–water partition coefficient (Wildman–Crippen LogP) is 5.52. The summed E-state index contributed by atoms with van der Waals surface area (Å²) < 4.78 is 38.7. The maximum atomic E-state index is 12.9. The molecular weight excluding hydrogens is 349 g/mol. The van der Waals surface area contributed by atoms with E-state index in [0.29, 0.717) is 5.56 Å². The Morgan fingerprint density at radius 1 is 1.04 bits per heavy atom. The highest BCUT2D eigenvalue weighted by Crippen LogP contribution is 2.32. The predicted molar refractivity (Wildman–Crippen MR) is 102 cm³/mol. The van der Waals surface area contributed by atoms with Gasteiger partial charge in [-0.3, -0.25) is 4.90 Å². The molecule has 0 unspecified atom stereocenters. The molecule has 0 saturated carbocycles. The third kappa shape index (κ3) is 4.08. The molecule has 27 heavy (non-hydrogen) atoms. The van der Waals surface area contributed by atoms with Crippen LogP contribution in [0.2, 0.25) is 0 Å². The second kappa shape index (κ2) is 7.24. The van der Waals surface area contributed by atoms with Gasteiger partial charge in [0.15, 0.2) is 0 Å². The number of H-pyrrole nitrogens is 1. The highest BCUT2D eigenvalue weighted by atomic mass is 19.4. The van der Waals surface area contributed by atoms with Gasteiger partial charge in [0.25, 0.3) is 0 Å². The number of halogens is 3. The van der Waals surface area contributed by atoms with Crippen molar-refractivity contribution in [3.05, 3.63) is 77.5 Å². The Labute approximate surface area is 156 Å². The van der Waals surface area contributed by atoms with E-state index < -0.39 is 11.7 Å². The van der Waals surface area contributed by atoms with E-state index in [1.54, 1.807) is 6.07 Å². The molecule has 0 spiro atoms. The lowest BCUT2D eigenvalue weighted by molar-refractivity contribution is -0.137. The zero-order valence-electron chi connectivity index (χ0n) is 14.9. The van der Waals surface area contributed by atoms with Crippen molar-refractivity contribution in [1.82, 2.24) is 9.88 Å². The van der Waals surface area contributed by atoms with Crippen LogP contribution in [0.1, 0.15) is 23.1 Å². The number of alkyl halides is 3. The molecule has 0 aliphatic carbocycles. The number of fused-ring (bicyclic) bond motifs is 1. The molecule has 0 atom stereocenters. The number of nitrogens with zero attached hydrogens (tertiary/aromatic N) is 1. The molecule has 0 fully saturated rings. The minimum absolute atomic E-state index is 0.581. The standard InChI is InChI=1S/C22H21F3N2/c23-22(24,25)20-3-1-2-19(15-20)17-8-12-27(13-9-17)11-7-16-4-5-18-6-10-26-21(18)14-16/h1-6,8,10,14-15,26H,7,9,11-13H2. The third-order valence-corrected chi connectivity index (χ3v) is 5.19. The molecule has 140 valence electrons. The Bertz CT molecular complexity index is 969. The number of rotatable bonds is 4. The van der Waals surface area contributed by atoms with Crippen LogP contribution in [0.5, 0.6) is 0 Å². The number of hydrogen-bond acceptors (Lipinski definition) is 1. The van der Waals surface area contributed by atoms with Gasteiger partial charge in [0, 0.05) is 31.3 Å². The summed E-state index contributed by atoms with van der Waals surface area (Å²) in [6, 6.07) is 14.2. The molecule has 3 aromatic rings. The van der Waals surface area contributed by atoms with Gasteiger partial charge in [-0.25, -0.2) is 0 Å². The minimum Gasteiger partial charge on any atom is -0.361 e. The van der Waals surface area contributed by atoms with Crippen molar-refractivity contribution >= 4 is 16.5 Å². The van der Waals surface area contributed by atoms with Crippen LogP contribution in [0.4, 0.5) is 13.2 Å². The number of nitrogens with one attached hydrogen (secondary N) is 1. The van der Waals surface area contributed by atoms with E-state index in [1.165, 1.54) is 23.1 Å².